The lowest BCUT2D eigenvalue weighted by atomic mass is 9.95. The fourth-order valence-corrected chi connectivity index (χ4v) is 3.66. The highest BCUT2D eigenvalue weighted by atomic mass is 16.8. The molecule has 0 bridgehead atoms. The molecule has 2 aliphatic rings. The highest BCUT2D eigenvalue weighted by molar-refractivity contribution is 5.96. The van der Waals surface area contributed by atoms with Crippen molar-refractivity contribution in [2.75, 3.05) is 13.2 Å². The number of aliphatic carboxylic acids is 1. The highest BCUT2D eigenvalue weighted by Crippen LogP contribution is 2.35. The molecule has 2 fully saturated rings. The fourth-order valence-electron chi connectivity index (χ4n) is 3.66. The van der Waals surface area contributed by atoms with Crippen LogP contribution in [-0.4, -0.2) is 72.4 Å². The van der Waals surface area contributed by atoms with Crippen LogP contribution in [0.1, 0.15) is 38.1 Å². The molecule has 170 valence electrons. The Morgan fingerprint density at radius 2 is 1.94 bits per heavy atom. The molecule has 3 rings (SSSR count). The quantitative estimate of drug-likeness (QED) is 0.603. The number of amides is 1. The van der Waals surface area contributed by atoms with E-state index >= 15 is 0 Å². The smallest absolute Gasteiger partial charge is 0.329 e. The molecule has 2 N–H and O–H groups in total. The molecule has 5 atom stereocenters. The summed E-state index contributed by atoms with van der Waals surface area (Å²) < 4.78 is 29.3. The van der Waals surface area contributed by atoms with Crippen molar-refractivity contribution in [3.8, 4) is 5.75 Å². The summed E-state index contributed by atoms with van der Waals surface area (Å²) in [6.45, 7) is 5.70. The summed E-state index contributed by atoms with van der Waals surface area (Å²) in [7, 11) is 0. The van der Waals surface area contributed by atoms with Crippen molar-refractivity contribution in [2.45, 2.75) is 64.1 Å². The lowest BCUT2D eigenvalue weighted by Crippen LogP contribution is -2.69. The Labute approximate surface area is 179 Å². The van der Waals surface area contributed by atoms with Gasteiger partial charge in [-0.2, -0.15) is 0 Å². The molecule has 2 saturated heterocycles. The Hall–Kier alpha value is -2.53. The van der Waals surface area contributed by atoms with E-state index in [1.54, 1.807) is 38.1 Å². The molecule has 10 heteroatoms. The Kier molecular flexibility index (Phi) is 6.95. The van der Waals surface area contributed by atoms with Gasteiger partial charge in [0.2, 0.25) is 12.2 Å². The predicted octanol–water partition coefficient (Wildman–Crippen LogP) is 1.12. The number of carbonyl (C=O) groups is 3. The van der Waals surface area contributed by atoms with Crippen LogP contribution in [0.15, 0.2) is 24.3 Å². The lowest BCUT2D eigenvalue weighted by Gasteiger charge is -2.50. The number of rotatable bonds is 7. The van der Waals surface area contributed by atoms with E-state index in [-0.39, 0.29) is 18.1 Å². The standard InChI is InChI=1S/C21H27NO9/c1-11(23)13-7-5-6-8-14(13)29-20-17(22-12(2)24)19(27-10-16(25)26)18-15(30-20)9-28-21(3,4)31-18/h5-8,15,17-20H,9-10H2,1-4H3,(H,22,24)(H,25,26). The number of nitrogens with one attached hydrogen (secondary N) is 1. The van der Waals surface area contributed by atoms with E-state index in [2.05, 4.69) is 5.32 Å². The number of ether oxygens (including phenoxy) is 5. The number of ketones is 1. The van der Waals surface area contributed by atoms with Gasteiger partial charge in [0.15, 0.2) is 11.6 Å². The van der Waals surface area contributed by atoms with E-state index < -0.39 is 54.9 Å². The number of hydrogen-bond donors (Lipinski definition) is 2. The third-order valence-corrected chi connectivity index (χ3v) is 4.94. The van der Waals surface area contributed by atoms with Gasteiger partial charge in [-0.3, -0.25) is 9.59 Å². The van der Waals surface area contributed by atoms with Gasteiger partial charge < -0.3 is 34.1 Å². The van der Waals surface area contributed by atoms with Gasteiger partial charge in [0.1, 0.15) is 36.7 Å². The number of fused-ring (bicyclic) bond motifs is 1. The van der Waals surface area contributed by atoms with Crippen molar-refractivity contribution in [1.82, 2.24) is 5.32 Å². The van der Waals surface area contributed by atoms with Crippen LogP contribution in [0, 0.1) is 0 Å². The summed E-state index contributed by atoms with van der Waals surface area (Å²) in [6.07, 6.45) is -3.36. The molecule has 0 radical (unpaired) electrons. The molecule has 0 aliphatic carbocycles. The number of para-hydroxylation sites is 1. The van der Waals surface area contributed by atoms with E-state index in [0.29, 0.717) is 5.56 Å². The van der Waals surface area contributed by atoms with Gasteiger partial charge in [0, 0.05) is 6.92 Å². The fraction of sp³-hybridized carbons (Fsp3) is 0.571. The summed E-state index contributed by atoms with van der Waals surface area (Å²) in [5.41, 5.74) is 0.343. The molecular formula is C21H27NO9. The Balaban J connectivity index is 1.95. The van der Waals surface area contributed by atoms with Gasteiger partial charge >= 0.3 is 5.97 Å². The van der Waals surface area contributed by atoms with Crippen molar-refractivity contribution in [2.24, 2.45) is 0 Å². The first kappa shape index (κ1) is 23.1. The minimum Gasteiger partial charge on any atom is -0.480 e. The minimum absolute atomic E-state index is 0.144. The van der Waals surface area contributed by atoms with E-state index in [0.717, 1.165) is 0 Å². The van der Waals surface area contributed by atoms with E-state index in [1.165, 1.54) is 13.8 Å². The van der Waals surface area contributed by atoms with Crippen LogP contribution in [0.2, 0.25) is 0 Å². The van der Waals surface area contributed by atoms with Gasteiger partial charge in [-0.15, -0.1) is 0 Å². The van der Waals surface area contributed by atoms with Crippen molar-refractivity contribution < 1.29 is 43.2 Å². The first-order valence-electron chi connectivity index (χ1n) is 9.92. The van der Waals surface area contributed by atoms with Gasteiger partial charge in [-0.1, -0.05) is 12.1 Å². The van der Waals surface area contributed by atoms with Gasteiger partial charge in [0.05, 0.1) is 12.2 Å². The maximum atomic E-state index is 12.0. The van der Waals surface area contributed by atoms with Crippen LogP contribution in [0.4, 0.5) is 0 Å². The lowest BCUT2D eigenvalue weighted by molar-refractivity contribution is -0.364. The van der Waals surface area contributed by atoms with Crippen molar-refractivity contribution in [1.29, 1.82) is 0 Å². The second-order valence-electron chi connectivity index (χ2n) is 7.90. The maximum absolute atomic E-state index is 12.0. The Morgan fingerprint density at radius 1 is 1.23 bits per heavy atom. The predicted molar refractivity (Wildman–Crippen MR) is 106 cm³/mol. The van der Waals surface area contributed by atoms with E-state index in [1.807, 2.05) is 0 Å². The van der Waals surface area contributed by atoms with Crippen LogP contribution >= 0.6 is 0 Å². The average molecular weight is 437 g/mol. The van der Waals surface area contributed by atoms with Crippen molar-refractivity contribution in [3.63, 3.8) is 0 Å². The van der Waals surface area contributed by atoms with Crippen molar-refractivity contribution >= 4 is 17.7 Å². The number of benzene rings is 1. The zero-order chi connectivity index (χ0) is 22.8. The molecule has 1 amide bonds. The number of hydrogen-bond acceptors (Lipinski definition) is 8. The second kappa shape index (κ2) is 9.31. The largest absolute Gasteiger partial charge is 0.480 e. The molecule has 1 aromatic carbocycles. The van der Waals surface area contributed by atoms with Gasteiger partial charge in [-0.25, -0.2) is 4.79 Å². The summed E-state index contributed by atoms with van der Waals surface area (Å²) in [5.74, 6) is -2.45. The molecule has 1 aromatic rings. The number of carbonyl (C=O) groups excluding carboxylic acids is 2. The number of carboxylic acids is 1. The molecule has 0 saturated carbocycles. The molecule has 2 aliphatic heterocycles. The third kappa shape index (κ3) is 5.59. The molecule has 5 unspecified atom stereocenters. The average Bonchev–Trinajstić information content (AvgIpc) is 2.67. The van der Waals surface area contributed by atoms with Gasteiger partial charge in [0.25, 0.3) is 0 Å². The number of Topliss-reactive ketones (excluding diaryl/α,β-unsaturated/α-hetero) is 1. The molecule has 0 spiro atoms. The van der Waals surface area contributed by atoms with Gasteiger partial charge in [-0.05, 0) is 32.9 Å². The van der Waals surface area contributed by atoms with E-state index in [4.69, 9.17) is 28.8 Å². The summed E-state index contributed by atoms with van der Waals surface area (Å²) in [5, 5.41) is 11.9. The third-order valence-electron chi connectivity index (χ3n) is 4.94. The first-order valence-corrected chi connectivity index (χ1v) is 9.92. The molecule has 2 heterocycles. The van der Waals surface area contributed by atoms with Crippen LogP contribution in [0.5, 0.6) is 5.75 Å². The monoisotopic (exact) mass is 437 g/mol. The Bertz CT molecular complexity index is 840. The minimum atomic E-state index is -1.17. The van der Waals surface area contributed by atoms with Crippen LogP contribution in [0.25, 0.3) is 0 Å². The maximum Gasteiger partial charge on any atom is 0.329 e. The SMILES string of the molecule is CC(=O)NC1C(Oc2ccccc2C(C)=O)OC2COC(C)(C)OC2C1OCC(=O)O. The molecule has 31 heavy (non-hydrogen) atoms. The van der Waals surface area contributed by atoms with E-state index in [9.17, 15) is 14.4 Å². The second-order valence-corrected chi connectivity index (χ2v) is 7.90. The molecular weight excluding hydrogens is 410 g/mol. The van der Waals surface area contributed by atoms with Crippen LogP contribution < -0.4 is 10.1 Å². The molecule has 10 nitrogen and oxygen atoms in total. The van der Waals surface area contributed by atoms with Crippen molar-refractivity contribution in [3.05, 3.63) is 29.8 Å². The highest BCUT2D eigenvalue weighted by Gasteiger charge is 2.53. The summed E-state index contributed by atoms with van der Waals surface area (Å²) >= 11 is 0. The normalized spacial score (nSPS) is 29.5. The summed E-state index contributed by atoms with van der Waals surface area (Å²) in [4.78, 5) is 35.1. The van der Waals surface area contributed by atoms with Crippen LogP contribution in [0.3, 0.4) is 0 Å². The van der Waals surface area contributed by atoms with Crippen LogP contribution in [-0.2, 0) is 28.5 Å². The topological polar surface area (TPSA) is 130 Å². The molecule has 0 aromatic heterocycles. The zero-order valence-corrected chi connectivity index (χ0v) is 17.8. The zero-order valence-electron chi connectivity index (χ0n) is 17.8. The summed E-state index contributed by atoms with van der Waals surface area (Å²) in [6, 6.07) is 5.73. The number of carboxylic acid groups (broad SMARTS) is 1. The first-order chi connectivity index (χ1) is 14.6. The Morgan fingerprint density at radius 3 is 2.58 bits per heavy atom.